The zero-order valence-electron chi connectivity index (χ0n) is 9.47. The normalized spacial score (nSPS) is 16.1. The molecule has 0 unspecified atom stereocenters. The topological polar surface area (TPSA) is 41.1 Å². The van der Waals surface area contributed by atoms with Crippen LogP contribution in [0.3, 0.4) is 0 Å². The monoisotopic (exact) mass is 246 g/mol. The van der Waals surface area contributed by atoms with Gasteiger partial charge in [0.1, 0.15) is 5.82 Å². The van der Waals surface area contributed by atoms with Crippen LogP contribution in [0.25, 0.3) is 11.3 Å². The minimum atomic E-state index is 1.01. The zero-order valence-corrected chi connectivity index (χ0v) is 10.3. The Morgan fingerprint density at radius 3 is 2.88 bits per heavy atom. The molecule has 0 spiro atoms. The summed E-state index contributed by atoms with van der Waals surface area (Å²) in [6.45, 7) is 4.06. The van der Waals surface area contributed by atoms with Crippen molar-refractivity contribution in [3.05, 3.63) is 29.2 Å². The molecule has 0 atom stereocenters. The standard InChI is InChI=1S/C12H14N4S/c1-2-10(11-8-17-9-15-11)12(14-3-1)16-6-4-13-5-7-16/h1-3,8-9,13H,4-7H2. The first-order valence-electron chi connectivity index (χ1n) is 5.74. The molecule has 0 aliphatic carbocycles. The maximum atomic E-state index is 4.52. The highest BCUT2D eigenvalue weighted by atomic mass is 32.1. The van der Waals surface area contributed by atoms with Crippen molar-refractivity contribution in [3.63, 3.8) is 0 Å². The van der Waals surface area contributed by atoms with E-state index < -0.39 is 0 Å². The van der Waals surface area contributed by atoms with Crippen LogP contribution < -0.4 is 10.2 Å². The van der Waals surface area contributed by atoms with Gasteiger partial charge in [0.15, 0.2) is 0 Å². The highest BCUT2D eigenvalue weighted by Gasteiger charge is 2.16. The van der Waals surface area contributed by atoms with Gasteiger partial charge in [-0.15, -0.1) is 11.3 Å². The average molecular weight is 246 g/mol. The molecule has 0 radical (unpaired) electrons. The molecule has 3 heterocycles. The molecule has 0 amide bonds. The van der Waals surface area contributed by atoms with Gasteiger partial charge in [-0.05, 0) is 12.1 Å². The van der Waals surface area contributed by atoms with Gasteiger partial charge in [0.25, 0.3) is 0 Å². The van der Waals surface area contributed by atoms with Crippen molar-refractivity contribution in [1.82, 2.24) is 15.3 Å². The Balaban J connectivity index is 1.98. The third-order valence-corrected chi connectivity index (χ3v) is 3.50. The number of pyridine rings is 1. The molecule has 0 saturated carbocycles. The SMILES string of the molecule is c1cnc(N2CCNCC2)c(-c2cscn2)c1. The molecule has 0 bridgehead atoms. The lowest BCUT2D eigenvalue weighted by Crippen LogP contribution is -2.44. The lowest BCUT2D eigenvalue weighted by molar-refractivity contribution is 0.585. The second-order valence-corrected chi connectivity index (χ2v) is 4.70. The molecular weight excluding hydrogens is 232 g/mol. The molecule has 2 aromatic heterocycles. The Labute approximate surface area is 104 Å². The average Bonchev–Trinajstić information content (AvgIpc) is 2.94. The van der Waals surface area contributed by atoms with Gasteiger partial charge >= 0.3 is 0 Å². The van der Waals surface area contributed by atoms with E-state index in [2.05, 4.69) is 31.6 Å². The molecule has 1 saturated heterocycles. The summed E-state index contributed by atoms with van der Waals surface area (Å²) in [5.41, 5.74) is 4.02. The summed E-state index contributed by atoms with van der Waals surface area (Å²) < 4.78 is 0. The van der Waals surface area contributed by atoms with Crippen LogP contribution in [0, 0.1) is 0 Å². The first-order chi connectivity index (χ1) is 8.45. The number of hydrogen-bond acceptors (Lipinski definition) is 5. The quantitative estimate of drug-likeness (QED) is 0.874. The predicted octanol–water partition coefficient (Wildman–Crippen LogP) is 1.61. The second-order valence-electron chi connectivity index (χ2n) is 3.99. The third-order valence-electron chi connectivity index (χ3n) is 2.91. The van der Waals surface area contributed by atoms with Crippen molar-refractivity contribution < 1.29 is 0 Å². The maximum Gasteiger partial charge on any atom is 0.138 e. The fourth-order valence-electron chi connectivity index (χ4n) is 2.07. The predicted molar refractivity (Wildman–Crippen MR) is 70.4 cm³/mol. The molecule has 4 nitrogen and oxygen atoms in total. The van der Waals surface area contributed by atoms with Gasteiger partial charge in [0.05, 0.1) is 11.2 Å². The fraction of sp³-hybridized carbons (Fsp3) is 0.333. The summed E-state index contributed by atoms with van der Waals surface area (Å²) >= 11 is 1.62. The number of nitrogens with zero attached hydrogens (tertiary/aromatic N) is 3. The molecule has 5 heteroatoms. The van der Waals surface area contributed by atoms with Gasteiger partial charge in [0, 0.05) is 43.3 Å². The van der Waals surface area contributed by atoms with Gasteiger partial charge < -0.3 is 10.2 Å². The molecule has 17 heavy (non-hydrogen) atoms. The van der Waals surface area contributed by atoms with Crippen LogP contribution in [-0.4, -0.2) is 36.1 Å². The van der Waals surface area contributed by atoms with E-state index in [0.717, 1.165) is 43.3 Å². The Kier molecular flexibility index (Phi) is 3.02. The highest BCUT2D eigenvalue weighted by molar-refractivity contribution is 7.07. The van der Waals surface area contributed by atoms with E-state index in [-0.39, 0.29) is 0 Å². The largest absolute Gasteiger partial charge is 0.354 e. The highest BCUT2D eigenvalue weighted by Crippen LogP contribution is 2.28. The first kappa shape index (κ1) is 10.7. The number of thiazole rings is 1. The zero-order chi connectivity index (χ0) is 11.5. The van der Waals surface area contributed by atoms with Crippen LogP contribution in [0.15, 0.2) is 29.2 Å². The first-order valence-corrected chi connectivity index (χ1v) is 6.69. The van der Waals surface area contributed by atoms with Crippen LogP contribution in [0.5, 0.6) is 0 Å². The van der Waals surface area contributed by atoms with E-state index in [1.807, 2.05) is 17.8 Å². The van der Waals surface area contributed by atoms with Crippen LogP contribution in [0.4, 0.5) is 5.82 Å². The fourth-order valence-corrected chi connectivity index (χ4v) is 2.62. The Morgan fingerprint density at radius 1 is 1.24 bits per heavy atom. The van der Waals surface area contributed by atoms with E-state index in [0.29, 0.717) is 0 Å². The number of aromatic nitrogens is 2. The maximum absolute atomic E-state index is 4.52. The van der Waals surface area contributed by atoms with Gasteiger partial charge in [0.2, 0.25) is 0 Å². The number of rotatable bonds is 2. The molecule has 1 aliphatic heterocycles. The van der Waals surface area contributed by atoms with E-state index in [9.17, 15) is 0 Å². The van der Waals surface area contributed by atoms with E-state index in [4.69, 9.17) is 0 Å². The molecule has 0 aromatic carbocycles. The Hall–Kier alpha value is -1.46. The lowest BCUT2D eigenvalue weighted by atomic mass is 10.2. The van der Waals surface area contributed by atoms with Crippen molar-refractivity contribution in [1.29, 1.82) is 0 Å². The molecular formula is C12H14N4S. The summed E-state index contributed by atoms with van der Waals surface area (Å²) in [4.78, 5) is 11.2. The molecule has 1 fully saturated rings. The molecule has 1 aliphatic rings. The summed E-state index contributed by atoms with van der Waals surface area (Å²) in [5, 5.41) is 5.43. The third kappa shape index (κ3) is 2.16. The van der Waals surface area contributed by atoms with Gasteiger partial charge in [-0.2, -0.15) is 0 Å². The molecule has 2 aromatic rings. The van der Waals surface area contributed by atoms with Crippen molar-refractivity contribution in [2.45, 2.75) is 0 Å². The van der Waals surface area contributed by atoms with Crippen LogP contribution in [0.2, 0.25) is 0 Å². The number of piperazine rings is 1. The van der Waals surface area contributed by atoms with Gasteiger partial charge in [-0.3, -0.25) is 0 Å². The van der Waals surface area contributed by atoms with Gasteiger partial charge in [-0.1, -0.05) is 0 Å². The van der Waals surface area contributed by atoms with E-state index >= 15 is 0 Å². The van der Waals surface area contributed by atoms with E-state index in [1.54, 1.807) is 11.3 Å². The summed E-state index contributed by atoms with van der Waals surface area (Å²) in [5.74, 6) is 1.06. The van der Waals surface area contributed by atoms with Gasteiger partial charge in [-0.25, -0.2) is 9.97 Å². The molecule has 3 rings (SSSR count). The Bertz CT molecular complexity index is 477. The van der Waals surface area contributed by atoms with Crippen LogP contribution in [-0.2, 0) is 0 Å². The summed E-state index contributed by atoms with van der Waals surface area (Å²) in [7, 11) is 0. The Morgan fingerprint density at radius 2 is 2.12 bits per heavy atom. The van der Waals surface area contributed by atoms with Crippen molar-refractivity contribution in [2.75, 3.05) is 31.1 Å². The van der Waals surface area contributed by atoms with Crippen LogP contribution >= 0.6 is 11.3 Å². The van der Waals surface area contributed by atoms with Crippen molar-refractivity contribution >= 4 is 17.2 Å². The summed E-state index contributed by atoms with van der Waals surface area (Å²) in [6, 6.07) is 4.07. The molecule has 1 N–H and O–H groups in total. The van der Waals surface area contributed by atoms with Crippen LogP contribution in [0.1, 0.15) is 0 Å². The minimum Gasteiger partial charge on any atom is -0.354 e. The van der Waals surface area contributed by atoms with Crippen molar-refractivity contribution in [2.24, 2.45) is 0 Å². The van der Waals surface area contributed by atoms with E-state index in [1.165, 1.54) is 0 Å². The number of hydrogen-bond donors (Lipinski definition) is 1. The lowest BCUT2D eigenvalue weighted by Gasteiger charge is -2.29. The number of anilines is 1. The van der Waals surface area contributed by atoms with Crippen molar-refractivity contribution in [3.8, 4) is 11.3 Å². The smallest absolute Gasteiger partial charge is 0.138 e. The molecule has 88 valence electrons. The second kappa shape index (κ2) is 4.81. The summed E-state index contributed by atoms with van der Waals surface area (Å²) in [6.07, 6.45) is 1.85. The minimum absolute atomic E-state index is 1.01. The number of nitrogens with one attached hydrogen (secondary N) is 1.